The third kappa shape index (κ3) is 1.43. The van der Waals surface area contributed by atoms with Crippen LogP contribution in [0.5, 0.6) is 0 Å². The van der Waals surface area contributed by atoms with Crippen molar-refractivity contribution in [1.29, 1.82) is 0 Å². The Bertz CT molecular complexity index is 238. The van der Waals surface area contributed by atoms with Gasteiger partial charge in [0.15, 0.2) is 6.72 Å². The molecular formula is C2H2F4NO2S+. The van der Waals surface area contributed by atoms with Gasteiger partial charge < -0.3 is 0 Å². The largest absolute Gasteiger partial charge is 0.564 e. The second kappa shape index (κ2) is 2.19. The van der Waals surface area contributed by atoms with Crippen LogP contribution in [0.3, 0.4) is 0 Å². The van der Waals surface area contributed by atoms with Crippen molar-refractivity contribution in [2.75, 3.05) is 0 Å². The van der Waals surface area contributed by atoms with Gasteiger partial charge in [0, 0.05) is 0 Å². The quantitative estimate of drug-likeness (QED) is 0.333. The Morgan fingerprint density at radius 3 is 1.60 bits per heavy atom. The number of nitrogens with zero attached hydrogens (tertiary/aromatic N) is 1. The molecule has 10 heavy (non-hydrogen) atoms. The fourth-order valence-electron chi connectivity index (χ4n) is 0.112. The van der Waals surface area contributed by atoms with Crippen molar-refractivity contribution in [2.45, 2.75) is 5.51 Å². The van der Waals surface area contributed by atoms with Crippen molar-refractivity contribution < 1.29 is 30.3 Å². The van der Waals surface area contributed by atoms with Gasteiger partial charge in [-0.2, -0.15) is 21.6 Å². The van der Waals surface area contributed by atoms with Crippen molar-refractivity contribution in [2.24, 2.45) is 0 Å². The maximum Gasteiger partial charge on any atom is 0.564 e. The molecule has 0 aromatic rings. The van der Waals surface area contributed by atoms with Crippen LogP contribution in [-0.2, 0) is 10.0 Å². The minimum atomic E-state index is -5.86. The van der Waals surface area contributed by atoms with Crippen molar-refractivity contribution in [3.8, 4) is 0 Å². The molecule has 0 saturated carbocycles. The van der Waals surface area contributed by atoms with Crippen molar-refractivity contribution in [3.63, 3.8) is 0 Å². The molecule has 0 radical (unpaired) electrons. The van der Waals surface area contributed by atoms with Gasteiger partial charge in [-0.25, -0.2) is 0 Å². The van der Waals surface area contributed by atoms with Crippen molar-refractivity contribution in [1.82, 2.24) is 0 Å². The molecule has 0 amide bonds. The van der Waals surface area contributed by atoms with Crippen LogP contribution in [0.2, 0.25) is 0 Å². The molecule has 0 spiro atoms. The van der Waals surface area contributed by atoms with Gasteiger partial charge in [0.2, 0.25) is 0 Å². The standard InChI is InChI=1S/C2H2F4NO2S/c1-7(6)10(8,9)2(3,4)5/h1H2/q+1. The molecule has 60 valence electrons. The zero-order valence-corrected chi connectivity index (χ0v) is 5.21. The van der Waals surface area contributed by atoms with Crippen LogP contribution in [0, 0.1) is 0 Å². The van der Waals surface area contributed by atoms with Gasteiger partial charge in [0.25, 0.3) is 0 Å². The summed E-state index contributed by atoms with van der Waals surface area (Å²) in [7, 11) is -5.86. The Morgan fingerprint density at radius 2 is 1.60 bits per heavy atom. The number of rotatable bonds is 1. The molecule has 8 heteroatoms. The van der Waals surface area contributed by atoms with Crippen LogP contribution >= 0.6 is 0 Å². The van der Waals surface area contributed by atoms with E-state index in [-0.39, 0.29) is 0 Å². The molecule has 0 fully saturated rings. The average molecular weight is 180 g/mol. The van der Waals surface area contributed by atoms with Gasteiger partial charge >= 0.3 is 15.5 Å². The van der Waals surface area contributed by atoms with E-state index in [4.69, 9.17) is 0 Å². The Hall–Kier alpha value is -0.660. The molecule has 0 aliphatic heterocycles. The highest BCUT2D eigenvalue weighted by molar-refractivity contribution is 7.86. The molecule has 0 aliphatic rings. The third-order valence-corrected chi connectivity index (χ3v) is 1.66. The normalized spacial score (nSPS) is 13.2. The van der Waals surface area contributed by atoms with E-state index in [1.165, 1.54) is 0 Å². The minimum absolute atomic E-state index is 1.63. The van der Waals surface area contributed by atoms with Crippen LogP contribution < -0.4 is 0 Å². The van der Waals surface area contributed by atoms with Crippen LogP contribution in [-0.4, -0.2) is 24.8 Å². The predicted molar refractivity (Wildman–Crippen MR) is 23.5 cm³/mol. The number of hydrogen-bond acceptors (Lipinski definition) is 2. The maximum atomic E-state index is 11.4. The first kappa shape index (κ1) is 9.34. The fourth-order valence-corrected chi connectivity index (χ4v) is 0.337. The van der Waals surface area contributed by atoms with Gasteiger partial charge in [-0.15, -0.1) is 0 Å². The summed E-state index contributed by atoms with van der Waals surface area (Å²) in [6.07, 6.45) is 0. The Labute approximate surface area is 53.6 Å². The summed E-state index contributed by atoms with van der Waals surface area (Å²) in [6.45, 7) is 1.94. The number of sulfonamides is 1. The van der Waals surface area contributed by atoms with Crippen molar-refractivity contribution >= 4 is 16.7 Å². The Kier molecular flexibility index (Phi) is 2.04. The van der Waals surface area contributed by atoms with Crippen LogP contribution in [0.4, 0.5) is 17.7 Å². The fraction of sp³-hybridized carbons (Fsp3) is 0.500. The molecule has 0 saturated heterocycles. The third-order valence-electron chi connectivity index (χ3n) is 0.553. The summed E-state index contributed by atoms with van der Waals surface area (Å²) in [6, 6.07) is 0. The molecule has 0 atom stereocenters. The first-order chi connectivity index (χ1) is 4.19. The van der Waals surface area contributed by atoms with Crippen LogP contribution in [0.15, 0.2) is 0 Å². The van der Waals surface area contributed by atoms with E-state index in [1.807, 2.05) is 6.72 Å². The maximum absolute atomic E-state index is 11.4. The van der Waals surface area contributed by atoms with Crippen LogP contribution in [0.25, 0.3) is 0 Å². The van der Waals surface area contributed by atoms with E-state index in [0.29, 0.717) is 0 Å². The SMILES string of the molecule is C=[N+](F)S(=O)(=O)C(F)(F)F. The second-order valence-electron chi connectivity index (χ2n) is 1.24. The average Bonchev–Trinajstić information content (AvgIpc) is 1.62. The van der Waals surface area contributed by atoms with Gasteiger partial charge in [0.1, 0.15) is 8.68 Å². The lowest BCUT2D eigenvalue weighted by atomic mass is 11.6. The molecule has 0 heterocycles. The first-order valence-corrected chi connectivity index (χ1v) is 3.21. The predicted octanol–water partition coefficient (Wildman–Crippen LogP) is 0.434. The van der Waals surface area contributed by atoms with Crippen molar-refractivity contribution in [3.05, 3.63) is 0 Å². The Balaban J connectivity index is 4.98. The summed E-state index contributed by atoms with van der Waals surface area (Å²) in [5.74, 6) is 0. The molecule has 0 unspecified atom stereocenters. The summed E-state index contributed by atoms with van der Waals surface area (Å²) in [5.41, 5.74) is -5.62. The molecule has 0 aromatic heterocycles. The number of hydrogen-bond donors (Lipinski definition) is 0. The summed E-state index contributed by atoms with van der Waals surface area (Å²) >= 11 is 0. The second-order valence-corrected chi connectivity index (χ2v) is 3.05. The van der Waals surface area contributed by atoms with Gasteiger partial charge in [0.05, 0.1) is 0 Å². The molecule has 0 N–H and O–H groups in total. The molecular weight excluding hydrogens is 178 g/mol. The van der Waals surface area contributed by atoms with Gasteiger partial charge in [-0.05, 0) is 0 Å². The van der Waals surface area contributed by atoms with Gasteiger partial charge in [-0.1, -0.05) is 0 Å². The first-order valence-electron chi connectivity index (χ1n) is 1.77. The smallest absolute Gasteiger partial charge is 0.151 e. The highest BCUT2D eigenvalue weighted by atomic mass is 32.2. The summed E-state index contributed by atoms with van der Waals surface area (Å²) < 4.78 is 62.7. The molecule has 0 rings (SSSR count). The highest BCUT2D eigenvalue weighted by Crippen LogP contribution is 2.23. The van der Waals surface area contributed by atoms with E-state index in [1.54, 1.807) is 0 Å². The lowest BCUT2D eigenvalue weighted by molar-refractivity contribution is -0.575. The molecule has 0 bridgehead atoms. The summed E-state index contributed by atoms with van der Waals surface area (Å²) in [4.78, 5) is 0. The molecule has 3 nitrogen and oxygen atoms in total. The van der Waals surface area contributed by atoms with Gasteiger partial charge in [-0.3, -0.25) is 0 Å². The van der Waals surface area contributed by atoms with E-state index in [0.717, 1.165) is 0 Å². The molecule has 0 aromatic carbocycles. The molecule has 0 aliphatic carbocycles. The summed E-state index contributed by atoms with van der Waals surface area (Å²) in [5, 5.41) is 0. The lowest BCUT2D eigenvalue weighted by Gasteiger charge is -1.95. The highest BCUT2D eigenvalue weighted by Gasteiger charge is 2.56. The zero-order valence-electron chi connectivity index (χ0n) is 4.39. The zero-order chi connectivity index (χ0) is 8.58. The Morgan fingerprint density at radius 1 is 1.30 bits per heavy atom. The van der Waals surface area contributed by atoms with E-state index in [2.05, 4.69) is 0 Å². The topological polar surface area (TPSA) is 37.1 Å². The van der Waals surface area contributed by atoms with E-state index >= 15 is 0 Å². The van der Waals surface area contributed by atoms with Crippen LogP contribution in [0.1, 0.15) is 0 Å². The number of halogens is 4. The van der Waals surface area contributed by atoms with E-state index < -0.39 is 19.7 Å². The van der Waals surface area contributed by atoms with E-state index in [9.17, 15) is 26.1 Å². The monoisotopic (exact) mass is 180 g/mol. The lowest BCUT2D eigenvalue weighted by Crippen LogP contribution is -2.29. The number of alkyl halides is 3. The minimum Gasteiger partial charge on any atom is -0.151 e.